The molecule has 8 heteroatoms. The molecule has 1 aliphatic heterocycles. The predicted octanol–water partition coefficient (Wildman–Crippen LogP) is 4.17. The van der Waals surface area contributed by atoms with Crippen LogP contribution in [0.5, 0.6) is 0 Å². The van der Waals surface area contributed by atoms with E-state index < -0.39 is 0 Å². The van der Waals surface area contributed by atoms with Gasteiger partial charge < -0.3 is 15.5 Å². The lowest BCUT2D eigenvalue weighted by molar-refractivity contribution is 0.649. The van der Waals surface area contributed by atoms with E-state index in [1.54, 1.807) is 11.3 Å². The smallest absolute Gasteiger partial charge is 0.191 e. The Balaban J connectivity index is 0.00000243. The minimum atomic E-state index is 0. The van der Waals surface area contributed by atoms with Crippen LogP contribution in [0.25, 0.3) is 0 Å². The maximum absolute atomic E-state index is 4.73. The van der Waals surface area contributed by atoms with Crippen molar-refractivity contribution in [3.8, 4) is 0 Å². The molecule has 2 aromatic rings. The van der Waals surface area contributed by atoms with Crippen molar-refractivity contribution in [2.75, 3.05) is 24.5 Å². The molecule has 3 rings (SSSR count). The van der Waals surface area contributed by atoms with Gasteiger partial charge in [0, 0.05) is 40.7 Å². The number of hydrogen-bond donors (Lipinski definition) is 2. The first kappa shape index (κ1) is 21.4. The minimum Gasteiger partial charge on any atom is -0.369 e. The zero-order chi connectivity index (χ0) is 17.6. The summed E-state index contributed by atoms with van der Waals surface area (Å²) in [6.45, 7) is 7.72. The lowest BCUT2D eigenvalue weighted by Gasteiger charge is -2.20. The molecular formula is C18H25BrIN5S. The maximum Gasteiger partial charge on any atom is 0.191 e. The molecule has 1 aliphatic rings. The Labute approximate surface area is 184 Å². The lowest BCUT2D eigenvalue weighted by Crippen LogP contribution is -2.44. The van der Waals surface area contributed by atoms with Crippen LogP contribution in [0.2, 0.25) is 0 Å². The SMILES string of the molecule is CCNC(=NCc1scnc1C)NC1CCN(c2ccc(Br)cc2)C1.I. The molecule has 142 valence electrons. The Morgan fingerprint density at radius 3 is 2.81 bits per heavy atom. The summed E-state index contributed by atoms with van der Waals surface area (Å²) in [4.78, 5) is 12.7. The average molecular weight is 550 g/mol. The maximum atomic E-state index is 4.73. The van der Waals surface area contributed by atoms with E-state index in [4.69, 9.17) is 4.99 Å². The predicted molar refractivity (Wildman–Crippen MR) is 125 cm³/mol. The summed E-state index contributed by atoms with van der Waals surface area (Å²) >= 11 is 5.16. The molecule has 2 N–H and O–H groups in total. The van der Waals surface area contributed by atoms with Crippen molar-refractivity contribution in [3.05, 3.63) is 44.8 Å². The molecule has 0 spiro atoms. The molecule has 26 heavy (non-hydrogen) atoms. The van der Waals surface area contributed by atoms with Crippen LogP contribution in [0.15, 0.2) is 39.2 Å². The number of aryl methyl sites for hydroxylation is 1. The van der Waals surface area contributed by atoms with Crippen LogP contribution in [-0.2, 0) is 6.54 Å². The topological polar surface area (TPSA) is 52.6 Å². The van der Waals surface area contributed by atoms with Crippen molar-refractivity contribution in [2.45, 2.75) is 32.9 Å². The van der Waals surface area contributed by atoms with E-state index in [0.717, 1.165) is 42.2 Å². The molecular weight excluding hydrogens is 525 g/mol. The highest BCUT2D eigenvalue weighted by molar-refractivity contribution is 14.0. The van der Waals surface area contributed by atoms with Gasteiger partial charge in [-0.1, -0.05) is 15.9 Å². The van der Waals surface area contributed by atoms with Gasteiger partial charge in [0.15, 0.2) is 5.96 Å². The fourth-order valence-electron chi connectivity index (χ4n) is 2.91. The van der Waals surface area contributed by atoms with Crippen molar-refractivity contribution in [1.82, 2.24) is 15.6 Å². The van der Waals surface area contributed by atoms with Gasteiger partial charge in [0.25, 0.3) is 0 Å². The van der Waals surface area contributed by atoms with Gasteiger partial charge in [-0.2, -0.15) is 0 Å². The fourth-order valence-corrected chi connectivity index (χ4v) is 3.87. The van der Waals surface area contributed by atoms with E-state index in [1.807, 2.05) is 12.4 Å². The summed E-state index contributed by atoms with van der Waals surface area (Å²) in [5.41, 5.74) is 4.23. The quantitative estimate of drug-likeness (QED) is 0.334. The lowest BCUT2D eigenvalue weighted by atomic mass is 10.3. The number of guanidine groups is 1. The number of aromatic nitrogens is 1. The molecule has 1 aromatic carbocycles. The number of anilines is 1. The summed E-state index contributed by atoms with van der Waals surface area (Å²) < 4.78 is 1.12. The van der Waals surface area contributed by atoms with Crippen LogP contribution < -0.4 is 15.5 Å². The molecule has 1 aromatic heterocycles. The van der Waals surface area contributed by atoms with Gasteiger partial charge in [-0.3, -0.25) is 0 Å². The monoisotopic (exact) mass is 549 g/mol. The normalized spacial score (nSPS) is 17.1. The molecule has 0 radical (unpaired) electrons. The Bertz CT molecular complexity index is 719. The summed E-state index contributed by atoms with van der Waals surface area (Å²) in [7, 11) is 0. The molecule has 0 bridgehead atoms. The van der Waals surface area contributed by atoms with Gasteiger partial charge in [0.2, 0.25) is 0 Å². The Kier molecular flexibility index (Phi) is 8.62. The van der Waals surface area contributed by atoms with E-state index in [-0.39, 0.29) is 24.0 Å². The Morgan fingerprint density at radius 1 is 1.38 bits per heavy atom. The van der Waals surface area contributed by atoms with Crippen molar-refractivity contribution in [3.63, 3.8) is 0 Å². The standard InChI is InChI=1S/C18H24BrN5S.HI/c1-3-20-18(21-10-17-13(2)22-12-25-17)23-15-8-9-24(11-15)16-6-4-14(19)5-7-16;/h4-7,12,15H,3,8-11H2,1-2H3,(H2,20,21,23);1H. The number of halogens is 2. The fraction of sp³-hybridized carbons (Fsp3) is 0.444. The third kappa shape index (κ3) is 5.82. The van der Waals surface area contributed by atoms with Gasteiger partial charge in [-0.25, -0.2) is 9.98 Å². The van der Waals surface area contributed by atoms with Gasteiger partial charge in [-0.15, -0.1) is 35.3 Å². The van der Waals surface area contributed by atoms with E-state index in [0.29, 0.717) is 12.6 Å². The second-order valence-corrected chi connectivity index (χ2v) is 7.96. The molecule has 1 saturated heterocycles. The number of rotatable bonds is 5. The second-order valence-electron chi connectivity index (χ2n) is 6.11. The third-order valence-electron chi connectivity index (χ3n) is 4.29. The van der Waals surface area contributed by atoms with Gasteiger partial charge in [0.05, 0.1) is 17.7 Å². The van der Waals surface area contributed by atoms with Gasteiger partial charge in [-0.05, 0) is 44.5 Å². The summed E-state index contributed by atoms with van der Waals surface area (Å²) in [6, 6.07) is 8.93. The van der Waals surface area contributed by atoms with E-state index in [1.165, 1.54) is 10.6 Å². The Hall–Kier alpha value is -0.870. The van der Waals surface area contributed by atoms with Crippen molar-refractivity contribution in [1.29, 1.82) is 0 Å². The molecule has 1 unspecified atom stereocenters. The number of aliphatic imine (C=N–C) groups is 1. The van der Waals surface area contributed by atoms with E-state index >= 15 is 0 Å². The molecule has 0 aliphatic carbocycles. The summed E-state index contributed by atoms with van der Waals surface area (Å²) in [6.07, 6.45) is 1.11. The number of hydrogen-bond acceptors (Lipinski definition) is 4. The van der Waals surface area contributed by atoms with Crippen molar-refractivity contribution < 1.29 is 0 Å². The van der Waals surface area contributed by atoms with E-state index in [9.17, 15) is 0 Å². The van der Waals surface area contributed by atoms with Crippen LogP contribution >= 0.6 is 51.2 Å². The van der Waals surface area contributed by atoms with Crippen LogP contribution in [0.4, 0.5) is 5.69 Å². The van der Waals surface area contributed by atoms with Crippen molar-refractivity contribution in [2.24, 2.45) is 4.99 Å². The molecule has 1 fully saturated rings. The highest BCUT2D eigenvalue weighted by Crippen LogP contribution is 2.22. The van der Waals surface area contributed by atoms with Gasteiger partial charge >= 0.3 is 0 Å². The molecule has 2 heterocycles. The van der Waals surface area contributed by atoms with Gasteiger partial charge in [0.1, 0.15) is 0 Å². The average Bonchev–Trinajstić information content (AvgIpc) is 3.23. The van der Waals surface area contributed by atoms with Crippen LogP contribution in [-0.4, -0.2) is 36.6 Å². The number of thiazole rings is 1. The highest BCUT2D eigenvalue weighted by Gasteiger charge is 2.23. The number of benzene rings is 1. The zero-order valence-corrected chi connectivity index (χ0v) is 19.8. The first-order valence-corrected chi connectivity index (χ1v) is 10.3. The number of nitrogens with zero attached hydrogens (tertiary/aromatic N) is 3. The minimum absolute atomic E-state index is 0. The van der Waals surface area contributed by atoms with E-state index in [2.05, 4.69) is 67.6 Å². The highest BCUT2D eigenvalue weighted by atomic mass is 127. The third-order valence-corrected chi connectivity index (χ3v) is 5.74. The Morgan fingerprint density at radius 2 is 2.15 bits per heavy atom. The second kappa shape index (κ2) is 10.5. The molecule has 5 nitrogen and oxygen atoms in total. The van der Waals surface area contributed by atoms with Crippen LogP contribution in [0, 0.1) is 6.92 Å². The first-order valence-electron chi connectivity index (χ1n) is 8.60. The van der Waals surface area contributed by atoms with Crippen molar-refractivity contribution >= 4 is 62.9 Å². The zero-order valence-electron chi connectivity index (χ0n) is 15.0. The molecule has 1 atom stereocenters. The summed E-state index contributed by atoms with van der Waals surface area (Å²) in [5, 5.41) is 6.93. The summed E-state index contributed by atoms with van der Waals surface area (Å²) in [5.74, 6) is 0.887. The number of nitrogens with one attached hydrogen (secondary N) is 2. The molecule has 0 saturated carbocycles. The largest absolute Gasteiger partial charge is 0.369 e. The molecule has 0 amide bonds. The first-order chi connectivity index (χ1) is 12.2. The van der Waals surface area contributed by atoms with Crippen LogP contribution in [0.1, 0.15) is 23.9 Å². The van der Waals surface area contributed by atoms with Crippen LogP contribution in [0.3, 0.4) is 0 Å².